The molecule has 0 heterocycles. The Bertz CT molecular complexity index is 188. The largest absolute Gasteiger partial charge is 0.481 e. The van der Waals surface area contributed by atoms with Crippen LogP contribution in [0.3, 0.4) is 0 Å². The summed E-state index contributed by atoms with van der Waals surface area (Å²) in [6, 6.07) is 0. The van der Waals surface area contributed by atoms with Crippen LogP contribution in [-0.2, 0) is 4.79 Å². The first-order valence-corrected chi connectivity index (χ1v) is 5.01. The molecule has 2 heteroatoms. The van der Waals surface area contributed by atoms with E-state index < -0.39 is 5.97 Å². The first-order valence-electron chi connectivity index (χ1n) is 5.01. The van der Waals surface area contributed by atoms with Crippen LogP contribution < -0.4 is 0 Å². The van der Waals surface area contributed by atoms with Gasteiger partial charge in [-0.2, -0.15) is 0 Å². The molecule has 1 aliphatic carbocycles. The third-order valence-corrected chi connectivity index (χ3v) is 2.92. The molecular weight excluding hydrogens is 164 g/mol. The standard InChI is InChI=1S/C11H18O2/c1-8(2)10(11(12)13)9-6-4-3-5-7-9/h9-10H,1,3-7H2,2H3,(H,12,13)/t10-/m0/s1. The minimum absolute atomic E-state index is 0.305. The fourth-order valence-electron chi connectivity index (χ4n) is 2.28. The van der Waals surface area contributed by atoms with E-state index in [4.69, 9.17) is 5.11 Å². The van der Waals surface area contributed by atoms with Crippen molar-refractivity contribution in [3.05, 3.63) is 12.2 Å². The average molecular weight is 182 g/mol. The zero-order valence-corrected chi connectivity index (χ0v) is 8.25. The van der Waals surface area contributed by atoms with Gasteiger partial charge in [-0.15, -0.1) is 0 Å². The number of carboxylic acid groups (broad SMARTS) is 1. The SMILES string of the molecule is C=C(C)[C@H](C(=O)O)C1CCCCC1. The minimum Gasteiger partial charge on any atom is -0.481 e. The summed E-state index contributed by atoms with van der Waals surface area (Å²) in [6.07, 6.45) is 5.75. The summed E-state index contributed by atoms with van der Waals surface area (Å²) in [5.74, 6) is -0.663. The maximum atomic E-state index is 11.0. The molecule has 0 aliphatic heterocycles. The maximum Gasteiger partial charge on any atom is 0.310 e. The summed E-state index contributed by atoms with van der Waals surface area (Å²) >= 11 is 0. The van der Waals surface area contributed by atoms with Gasteiger partial charge in [0, 0.05) is 0 Å². The van der Waals surface area contributed by atoms with Crippen molar-refractivity contribution in [1.82, 2.24) is 0 Å². The van der Waals surface area contributed by atoms with Crippen LogP contribution in [0.5, 0.6) is 0 Å². The highest BCUT2D eigenvalue weighted by Crippen LogP contribution is 2.33. The number of carboxylic acids is 1. The van der Waals surface area contributed by atoms with Crippen molar-refractivity contribution in [1.29, 1.82) is 0 Å². The summed E-state index contributed by atoms with van der Waals surface area (Å²) in [5, 5.41) is 9.04. The minimum atomic E-state index is -0.695. The summed E-state index contributed by atoms with van der Waals surface area (Å²) in [4.78, 5) is 11.0. The molecule has 1 rings (SSSR count). The molecule has 1 N–H and O–H groups in total. The second-order valence-electron chi connectivity index (χ2n) is 4.06. The van der Waals surface area contributed by atoms with E-state index in [0.29, 0.717) is 5.92 Å². The number of rotatable bonds is 3. The van der Waals surface area contributed by atoms with Crippen molar-refractivity contribution in [2.75, 3.05) is 0 Å². The van der Waals surface area contributed by atoms with E-state index in [1.807, 2.05) is 6.92 Å². The topological polar surface area (TPSA) is 37.3 Å². The molecule has 1 saturated carbocycles. The van der Waals surface area contributed by atoms with Crippen LogP contribution in [-0.4, -0.2) is 11.1 Å². The van der Waals surface area contributed by atoms with Crippen molar-refractivity contribution >= 4 is 5.97 Å². The molecule has 0 aromatic heterocycles. The molecule has 1 aliphatic rings. The predicted octanol–water partition coefficient (Wildman–Crippen LogP) is 2.84. The molecule has 13 heavy (non-hydrogen) atoms. The van der Waals surface area contributed by atoms with Gasteiger partial charge in [-0.1, -0.05) is 31.4 Å². The molecule has 0 unspecified atom stereocenters. The normalized spacial score (nSPS) is 21.0. The molecule has 1 atom stereocenters. The van der Waals surface area contributed by atoms with E-state index in [-0.39, 0.29) is 5.92 Å². The maximum absolute atomic E-state index is 11.0. The van der Waals surface area contributed by atoms with Gasteiger partial charge in [0.2, 0.25) is 0 Å². The zero-order valence-electron chi connectivity index (χ0n) is 8.25. The lowest BCUT2D eigenvalue weighted by Gasteiger charge is -2.27. The zero-order chi connectivity index (χ0) is 9.84. The number of carbonyl (C=O) groups is 1. The van der Waals surface area contributed by atoms with Crippen LogP contribution in [0.15, 0.2) is 12.2 Å². The van der Waals surface area contributed by atoms with Crippen LogP contribution in [0.1, 0.15) is 39.0 Å². The van der Waals surface area contributed by atoms with Gasteiger partial charge in [-0.25, -0.2) is 0 Å². The van der Waals surface area contributed by atoms with Gasteiger partial charge in [-0.3, -0.25) is 4.79 Å². The van der Waals surface area contributed by atoms with E-state index in [2.05, 4.69) is 6.58 Å². The second-order valence-corrected chi connectivity index (χ2v) is 4.06. The Morgan fingerprint density at radius 3 is 2.31 bits per heavy atom. The highest BCUT2D eigenvalue weighted by molar-refractivity contribution is 5.73. The van der Waals surface area contributed by atoms with Crippen molar-refractivity contribution in [3.8, 4) is 0 Å². The molecule has 74 valence electrons. The summed E-state index contributed by atoms with van der Waals surface area (Å²) in [6.45, 7) is 5.60. The Kier molecular flexibility index (Phi) is 3.52. The van der Waals surface area contributed by atoms with Gasteiger partial charge < -0.3 is 5.11 Å². The Morgan fingerprint density at radius 2 is 1.92 bits per heavy atom. The van der Waals surface area contributed by atoms with Gasteiger partial charge in [-0.05, 0) is 25.7 Å². The van der Waals surface area contributed by atoms with Crippen LogP contribution in [0.2, 0.25) is 0 Å². The smallest absolute Gasteiger partial charge is 0.310 e. The average Bonchev–Trinajstić information content (AvgIpc) is 2.04. The summed E-state index contributed by atoms with van der Waals surface area (Å²) < 4.78 is 0. The highest BCUT2D eigenvalue weighted by Gasteiger charge is 2.29. The molecular formula is C11H18O2. The van der Waals surface area contributed by atoms with Crippen LogP contribution in [0, 0.1) is 11.8 Å². The van der Waals surface area contributed by atoms with Gasteiger partial charge in [0.05, 0.1) is 5.92 Å². The summed E-state index contributed by atoms with van der Waals surface area (Å²) in [7, 11) is 0. The Balaban J connectivity index is 2.62. The Morgan fingerprint density at radius 1 is 1.38 bits per heavy atom. The fraction of sp³-hybridized carbons (Fsp3) is 0.727. The number of hydrogen-bond donors (Lipinski definition) is 1. The summed E-state index contributed by atoms with van der Waals surface area (Å²) in [5.41, 5.74) is 0.805. The van der Waals surface area contributed by atoms with Gasteiger partial charge >= 0.3 is 5.97 Å². The highest BCUT2D eigenvalue weighted by atomic mass is 16.4. The quantitative estimate of drug-likeness (QED) is 0.681. The van der Waals surface area contributed by atoms with E-state index in [9.17, 15) is 4.79 Å². The van der Waals surface area contributed by atoms with Crippen molar-refractivity contribution in [2.45, 2.75) is 39.0 Å². The lowest BCUT2D eigenvalue weighted by Crippen LogP contribution is -2.26. The van der Waals surface area contributed by atoms with Gasteiger partial charge in [0.1, 0.15) is 0 Å². The van der Waals surface area contributed by atoms with E-state index >= 15 is 0 Å². The van der Waals surface area contributed by atoms with Gasteiger partial charge in [0.25, 0.3) is 0 Å². The molecule has 0 aromatic rings. The van der Waals surface area contributed by atoms with Crippen LogP contribution in [0.25, 0.3) is 0 Å². The number of aliphatic carboxylic acids is 1. The molecule has 0 bridgehead atoms. The van der Waals surface area contributed by atoms with Crippen LogP contribution in [0.4, 0.5) is 0 Å². The van der Waals surface area contributed by atoms with Crippen LogP contribution >= 0.6 is 0 Å². The van der Waals surface area contributed by atoms with E-state index in [1.54, 1.807) is 0 Å². The molecule has 0 amide bonds. The van der Waals surface area contributed by atoms with Crippen molar-refractivity contribution < 1.29 is 9.90 Å². The van der Waals surface area contributed by atoms with Gasteiger partial charge in [0.15, 0.2) is 0 Å². The molecule has 0 saturated heterocycles. The number of hydrogen-bond acceptors (Lipinski definition) is 1. The second kappa shape index (κ2) is 4.45. The Hall–Kier alpha value is -0.790. The van der Waals surface area contributed by atoms with E-state index in [1.165, 1.54) is 19.3 Å². The van der Waals surface area contributed by atoms with Crippen molar-refractivity contribution in [2.24, 2.45) is 11.8 Å². The van der Waals surface area contributed by atoms with Crippen molar-refractivity contribution in [3.63, 3.8) is 0 Å². The lowest BCUT2D eigenvalue weighted by molar-refractivity contribution is -0.142. The molecule has 1 fully saturated rings. The first-order chi connectivity index (χ1) is 6.13. The lowest BCUT2D eigenvalue weighted by atomic mass is 9.77. The molecule has 0 radical (unpaired) electrons. The third kappa shape index (κ3) is 2.58. The molecule has 0 aromatic carbocycles. The fourth-order valence-corrected chi connectivity index (χ4v) is 2.28. The molecule has 2 nitrogen and oxygen atoms in total. The Labute approximate surface area is 79.6 Å². The van der Waals surface area contributed by atoms with E-state index in [0.717, 1.165) is 18.4 Å². The first kappa shape index (κ1) is 10.3. The third-order valence-electron chi connectivity index (χ3n) is 2.92. The predicted molar refractivity (Wildman–Crippen MR) is 52.5 cm³/mol. The molecule has 0 spiro atoms. The monoisotopic (exact) mass is 182 g/mol.